The predicted molar refractivity (Wildman–Crippen MR) is 54.9 cm³/mol. The molecule has 0 bridgehead atoms. The van der Waals surface area contributed by atoms with E-state index in [1.807, 2.05) is 0 Å². The first-order valence-electron chi connectivity index (χ1n) is 4.99. The zero-order chi connectivity index (χ0) is 13.8. The van der Waals surface area contributed by atoms with E-state index in [4.69, 9.17) is 9.52 Å². The molecule has 0 unspecified atom stereocenters. The Hall–Kier alpha value is -2.58. The van der Waals surface area contributed by atoms with Crippen LogP contribution in [-0.4, -0.2) is 32.9 Å². The first kappa shape index (κ1) is 12.9. The fourth-order valence-corrected chi connectivity index (χ4v) is 1.24. The minimum absolute atomic E-state index is 0.0925. The topological polar surface area (TPSA) is 98.3 Å². The van der Waals surface area contributed by atoms with Crippen molar-refractivity contribution < 1.29 is 27.8 Å². The van der Waals surface area contributed by atoms with Gasteiger partial charge in [-0.1, -0.05) is 0 Å². The molecule has 0 spiro atoms. The maximum absolute atomic E-state index is 11.9. The molecule has 9 heteroatoms. The average molecular weight is 271 g/mol. The Morgan fingerprint density at radius 1 is 1.42 bits per heavy atom. The highest BCUT2D eigenvalue weighted by atomic mass is 19.3. The Balaban J connectivity index is 2.04. The second-order valence-corrected chi connectivity index (χ2v) is 3.35. The summed E-state index contributed by atoms with van der Waals surface area (Å²) in [6.07, 6.45) is 1.09. The van der Waals surface area contributed by atoms with Crippen LogP contribution in [0, 0.1) is 0 Å². The number of carboxylic acids is 1. The van der Waals surface area contributed by atoms with Crippen LogP contribution in [0.1, 0.15) is 22.1 Å². The largest absolute Gasteiger partial charge is 0.476 e. The minimum Gasteiger partial charge on any atom is -0.476 e. The second-order valence-electron chi connectivity index (χ2n) is 3.35. The van der Waals surface area contributed by atoms with Gasteiger partial charge in [0.05, 0.1) is 12.1 Å². The summed E-state index contributed by atoms with van der Waals surface area (Å²) in [6, 6.07) is 2.62. The van der Waals surface area contributed by atoms with Gasteiger partial charge in [0.1, 0.15) is 6.26 Å². The van der Waals surface area contributed by atoms with Crippen molar-refractivity contribution in [2.24, 2.45) is 0 Å². The van der Waals surface area contributed by atoms with E-state index in [0.29, 0.717) is 5.69 Å². The third kappa shape index (κ3) is 3.44. The highest BCUT2D eigenvalue weighted by Crippen LogP contribution is 2.11. The first-order valence-corrected chi connectivity index (χ1v) is 4.99. The molecular weight excluding hydrogens is 264 g/mol. The van der Waals surface area contributed by atoms with Gasteiger partial charge in [-0.3, -0.25) is 0 Å². The van der Waals surface area contributed by atoms with E-state index in [1.54, 1.807) is 0 Å². The molecule has 0 radical (unpaired) electrons. The number of halogens is 2. The van der Waals surface area contributed by atoms with Gasteiger partial charge in [-0.15, -0.1) is 5.10 Å². The summed E-state index contributed by atoms with van der Waals surface area (Å²) in [4.78, 5) is 14.3. The van der Waals surface area contributed by atoms with Crippen LogP contribution in [0.2, 0.25) is 0 Å². The fourth-order valence-electron chi connectivity index (χ4n) is 1.24. The number of ether oxygens (including phenoxy) is 1. The van der Waals surface area contributed by atoms with E-state index in [1.165, 1.54) is 12.1 Å². The number of carbonyl (C=O) groups is 1. The highest BCUT2D eigenvalue weighted by Gasteiger charge is 2.12. The standard InChI is InChI=1S/C10H7F2N3O4/c11-10(12)19-7-2-1-5(14-15-7)3-8-13-6(4-18-8)9(16)17/h1-2,4,10H,3H2,(H,16,17). The van der Waals surface area contributed by atoms with Crippen LogP contribution >= 0.6 is 0 Å². The molecule has 19 heavy (non-hydrogen) atoms. The van der Waals surface area contributed by atoms with E-state index >= 15 is 0 Å². The quantitative estimate of drug-likeness (QED) is 0.876. The van der Waals surface area contributed by atoms with Crippen molar-refractivity contribution in [2.45, 2.75) is 13.0 Å². The van der Waals surface area contributed by atoms with Crippen molar-refractivity contribution in [2.75, 3.05) is 0 Å². The number of aromatic carboxylic acids is 1. The SMILES string of the molecule is O=C(O)c1coc(Cc2ccc(OC(F)F)nn2)n1. The Labute approximate surface area is 104 Å². The number of aromatic nitrogens is 3. The molecule has 1 N–H and O–H groups in total. The summed E-state index contributed by atoms with van der Waals surface area (Å²) in [5, 5.41) is 15.7. The normalized spacial score (nSPS) is 10.7. The molecule has 0 aliphatic heterocycles. The van der Waals surface area contributed by atoms with E-state index < -0.39 is 12.6 Å². The lowest BCUT2D eigenvalue weighted by Gasteiger charge is -2.02. The number of hydrogen-bond donors (Lipinski definition) is 1. The van der Waals surface area contributed by atoms with Crippen molar-refractivity contribution >= 4 is 5.97 Å². The van der Waals surface area contributed by atoms with Gasteiger partial charge >= 0.3 is 12.6 Å². The van der Waals surface area contributed by atoms with Gasteiger partial charge < -0.3 is 14.3 Å². The summed E-state index contributed by atoms with van der Waals surface area (Å²) >= 11 is 0. The van der Waals surface area contributed by atoms with Crippen molar-refractivity contribution in [3.63, 3.8) is 0 Å². The van der Waals surface area contributed by atoms with E-state index in [-0.39, 0.29) is 23.9 Å². The van der Waals surface area contributed by atoms with Crippen LogP contribution in [0.5, 0.6) is 5.88 Å². The van der Waals surface area contributed by atoms with E-state index in [2.05, 4.69) is 19.9 Å². The van der Waals surface area contributed by atoms with Crippen LogP contribution in [0.25, 0.3) is 0 Å². The molecule has 2 aromatic rings. The van der Waals surface area contributed by atoms with Crippen LogP contribution in [0.3, 0.4) is 0 Å². The Morgan fingerprint density at radius 2 is 2.21 bits per heavy atom. The lowest BCUT2D eigenvalue weighted by atomic mass is 10.3. The van der Waals surface area contributed by atoms with Gasteiger partial charge in [-0.05, 0) is 6.07 Å². The molecule has 0 amide bonds. The smallest absolute Gasteiger partial charge is 0.388 e. The van der Waals surface area contributed by atoms with Gasteiger partial charge in [-0.25, -0.2) is 9.78 Å². The van der Waals surface area contributed by atoms with Crippen molar-refractivity contribution in [3.05, 3.63) is 35.7 Å². The Bertz CT molecular complexity index is 570. The molecule has 0 aliphatic carbocycles. The van der Waals surface area contributed by atoms with Crippen LogP contribution < -0.4 is 4.74 Å². The van der Waals surface area contributed by atoms with Crippen LogP contribution in [0.15, 0.2) is 22.8 Å². The van der Waals surface area contributed by atoms with Crippen molar-refractivity contribution in [1.82, 2.24) is 15.2 Å². The third-order valence-electron chi connectivity index (χ3n) is 2.01. The first-order chi connectivity index (χ1) is 9.04. The second kappa shape index (κ2) is 5.38. The molecule has 0 fully saturated rings. The third-order valence-corrected chi connectivity index (χ3v) is 2.01. The van der Waals surface area contributed by atoms with Gasteiger partial charge in [0.15, 0.2) is 5.69 Å². The van der Waals surface area contributed by atoms with E-state index in [0.717, 1.165) is 6.26 Å². The number of hydrogen-bond acceptors (Lipinski definition) is 6. The zero-order valence-electron chi connectivity index (χ0n) is 9.29. The number of oxazole rings is 1. The Kier molecular flexibility index (Phi) is 3.64. The monoisotopic (exact) mass is 271 g/mol. The van der Waals surface area contributed by atoms with Crippen molar-refractivity contribution in [1.29, 1.82) is 0 Å². The summed E-state index contributed by atoms with van der Waals surface area (Å²) in [5.41, 5.74) is 0.154. The number of carboxylic acid groups (broad SMARTS) is 1. The molecule has 0 saturated carbocycles. The average Bonchev–Trinajstić information content (AvgIpc) is 2.80. The number of rotatable bonds is 5. The van der Waals surface area contributed by atoms with Gasteiger partial charge in [-0.2, -0.15) is 13.9 Å². The summed E-state index contributed by atoms with van der Waals surface area (Å²) < 4.78 is 32.7. The molecule has 7 nitrogen and oxygen atoms in total. The molecule has 2 aromatic heterocycles. The molecule has 0 aliphatic rings. The van der Waals surface area contributed by atoms with Gasteiger partial charge in [0, 0.05) is 6.07 Å². The number of nitrogens with zero attached hydrogens (tertiary/aromatic N) is 3. The Morgan fingerprint density at radius 3 is 2.74 bits per heavy atom. The molecular formula is C10H7F2N3O4. The summed E-state index contributed by atoms with van der Waals surface area (Å²) in [5.74, 6) is -1.38. The molecule has 0 aromatic carbocycles. The van der Waals surface area contributed by atoms with Crippen LogP contribution in [0.4, 0.5) is 8.78 Å². The highest BCUT2D eigenvalue weighted by molar-refractivity contribution is 5.84. The van der Waals surface area contributed by atoms with E-state index in [9.17, 15) is 13.6 Å². The predicted octanol–water partition coefficient (Wildman–Crippen LogP) is 1.35. The lowest BCUT2D eigenvalue weighted by molar-refractivity contribution is -0.0534. The maximum Gasteiger partial charge on any atom is 0.388 e. The fraction of sp³-hybridized carbons (Fsp3) is 0.200. The number of alkyl halides is 2. The summed E-state index contributed by atoms with van der Waals surface area (Å²) in [7, 11) is 0. The zero-order valence-corrected chi connectivity index (χ0v) is 9.29. The lowest BCUT2D eigenvalue weighted by Crippen LogP contribution is -2.05. The van der Waals surface area contributed by atoms with Crippen molar-refractivity contribution in [3.8, 4) is 5.88 Å². The minimum atomic E-state index is -2.97. The molecule has 2 rings (SSSR count). The van der Waals surface area contributed by atoms with Gasteiger partial charge in [0.25, 0.3) is 0 Å². The van der Waals surface area contributed by atoms with Crippen LogP contribution in [-0.2, 0) is 6.42 Å². The molecule has 100 valence electrons. The summed E-state index contributed by atoms with van der Waals surface area (Å²) in [6.45, 7) is -2.97. The molecule has 2 heterocycles. The maximum atomic E-state index is 11.9. The van der Waals surface area contributed by atoms with Gasteiger partial charge in [0.2, 0.25) is 11.8 Å². The molecule has 0 atom stereocenters. The molecule has 0 saturated heterocycles.